The Morgan fingerprint density at radius 1 is 1.03 bits per heavy atom. The third-order valence-corrected chi connectivity index (χ3v) is 5.55. The lowest BCUT2D eigenvalue weighted by molar-refractivity contribution is 0.0922. The van der Waals surface area contributed by atoms with Crippen molar-refractivity contribution in [1.82, 2.24) is 9.55 Å². The molecule has 0 aliphatic heterocycles. The smallest absolute Gasteiger partial charge is 0.119 e. The van der Waals surface area contributed by atoms with Crippen LogP contribution in [0.3, 0.4) is 0 Å². The maximum Gasteiger partial charge on any atom is 0.119 e. The fourth-order valence-electron chi connectivity index (χ4n) is 4.09. The van der Waals surface area contributed by atoms with Crippen LogP contribution >= 0.6 is 12.4 Å². The maximum atomic E-state index is 10.7. The van der Waals surface area contributed by atoms with E-state index in [-0.39, 0.29) is 19.0 Å². The van der Waals surface area contributed by atoms with Crippen LogP contribution in [-0.2, 0) is 6.54 Å². The number of hydrogen-bond acceptors (Lipinski definition) is 4. The van der Waals surface area contributed by atoms with E-state index in [0.29, 0.717) is 12.5 Å². The van der Waals surface area contributed by atoms with Crippen LogP contribution in [0, 0.1) is 0 Å². The van der Waals surface area contributed by atoms with Crippen molar-refractivity contribution in [3.63, 3.8) is 0 Å². The average molecular weight is 417 g/mol. The van der Waals surface area contributed by atoms with Crippen LogP contribution in [0.5, 0.6) is 11.5 Å². The van der Waals surface area contributed by atoms with Gasteiger partial charge >= 0.3 is 0 Å². The molecule has 1 aliphatic rings. The first-order chi connectivity index (χ1) is 13.7. The highest BCUT2D eigenvalue weighted by atomic mass is 35.5. The van der Waals surface area contributed by atoms with Crippen molar-refractivity contribution in [2.24, 2.45) is 0 Å². The largest absolute Gasteiger partial charge is 0.497 e. The first-order valence-corrected chi connectivity index (χ1v) is 10.1. The normalized spacial score (nSPS) is 15.7. The maximum absolute atomic E-state index is 10.7. The first-order valence-electron chi connectivity index (χ1n) is 10.1. The molecule has 1 aliphatic carbocycles. The van der Waals surface area contributed by atoms with E-state index in [1.807, 2.05) is 36.4 Å². The van der Waals surface area contributed by atoms with Crippen LogP contribution in [0.4, 0.5) is 0 Å². The second kappa shape index (κ2) is 9.99. The molecule has 29 heavy (non-hydrogen) atoms. The number of rotatable bonds is 7. The summed E-state index contributed by atoms with van der Waals surface area (Å²) in [5, 5.41) is 10.7. The molecule has 156 valence electrons. The monoisotopic (exact) mass is 416 g/mol. The average Bonchev–Trinajstić information content (AvgIpc) is 3.12. The van der Waals surface area contributed by atoms with Gasteiger partial charge in [0.2, 0.25) is 0 Å². The summed E-state index contributed by atoms with van der Waals surface area (Å²) >= 11 is 0. The molecule has 0 spiro atoms. The number of fused-ring (bicyclic) bond motifs is 1. The molecule has 0 saturated heterocycles. The number of aromatic nitrogens is 2. The number of aliphatic hydroxyl groups excluding tert-OH is 1. The molecule has 1 heterocycles. The summed E-state index contributed by atoms with van der Waals surface area (Å²) in [5.74, 6) is 3.11. The van der Waals surface area contributed by atoms with Crippen LogP contribution in [0.25, 0.3) is 11.0 Å². The van der Waals surface area contributed by atoms with Gasteiger partial charge in [0.1, 0.15) is 30.0 Å². The molecule has 1 unspecified atom stereocenters. The Morgan fingerprint density at radius 2 is 1.72 bits per heavy atom. The Labute approximate surface area is 178 Å². The first kappa shape index (κ1) is 21.5. The van der Waals surface area contributed by atoms with E-state index < -0.39 is 6.10 Å². The molecule has 0 amide bonds. The number of aliphatic hydroxyl groups is 1. The van der Waals surface area contributed by atoms with E-state index in [0.717, 1.165) is 28.4 Å². The second-order valence-electron chi connectivity index (χ2n) is 7.54. The minimum absolute atomic E-state index is 0. The lowest BCUT2D eigenvalue weighted by Crippen LogP contribution is -2.25. The summed E-state index contributed by atoms with van der Waals surface area (Å²) in [6.07, 6.45) is 5.59. The molecule has 1 saturated carbocycles. The standard InChI is InChI=1S/C23H28N2O3.ClH/c1-27-19-11-13-20(14-12-19)28-16-18(26)15-25-22-10-6-5-9-21(22)24-23(25)17-7-3-2-4-8-17;/h5-6,9-14,17-18,26H,2-4,7-8,15-16H2,1H3;1H. The van der Waals surface area contributed by atoms with Gasteiger partial charge in [-0.3, -0.25) is 0 Å². The van der Waals surface area contributed by atoms with Crippen molar-refractivity contribution >= 4 is 23.4 Å². The number of halogens is 1. The van der Waals surface area contributed by atoms with E-state index in [2.05, 4.69) is 16.7 Å². The van der Waals surface area contributed by atoms with Gasteiger partial charge in [0, 0.05) is 5.92 Å². The molecule has 1 N–H and O–H groups in total. The highest BCUT2D eigenvalue weighted by Gasteiger charge is 2.23. The predicted molar refractivity (Wildman–Crippen MR) is 117 cm³/mol. The fourth-order valence-corrected chi connectivity index (χ4v) is 4.09. The third-order valence-electron chi connectivity index (χ3n) is 5.55. The molecule has 4 rings (SSSR count). The van der Waals surface area contributed by atoms with Crippen molar-refractivity contribution in [2.75, 3.05) is 13.7 Å². The van der Waals surface area contributed by atoms with Crippen LogP contribution in [0.15, 0.2) is 48.5 Å². The Kier molecular flexibility index (Phi) is 7.40. The Balaban J connectivity index is 0.00000240. The van der Waals surface area contributed by atoms with Gasteiger partial charge in [0.25, 0.3) is 0 Å². The minimum atomic E-state index is -0.609. The van der Waals surface area contributed by atoms with Crippen molar-refractivity contribution < 1.29 is 14.6 Å². The number of nitrogens with zero attached hydrogens (tertiary/aromatic N) is 2. The zero-order chi connectivity index (χ0) is 19.3. The Bertz CT molecular complexity index is 904. The van der Waals surface area contributed by atoms with Gasteiger partial charge in [-0.05, 0) is 49.2 Å². The van der Waals surface area contributed by atoms with E-state index in [9.17, 15) is 5.11 Å². The summed E-state index contributed by atoms with van der Waals surface area (Å²) in [6, 6.07) is 15.6. The van der Waals surface area contributed by atoms with Gasteiger partial charge in [-0.15, -0.1) is 12.4 Å². The van der Waals surface area contributed by atoms with E-state index in [4.69, 9.17) is 14.5 Å². The fraction of sp³-hybridized carbons (Fsp3) is 0.435. The zero-order valence-corrected chi connectivity index (χ0v) is 17.6. The van der Waals surface area contributed by atoms with Gasteiger partial charge < -0.3 is 19.1 Å². The lowest BCUT2D eigenvalue weighted by Gasteiger charge is -2.23. The van der Waals surface area contributed by atoms with Gasteiger partial charge in [0.05, 0.1) is 24.7 Å². The molecule has 1 atom stereocenters. The molecular formula is C23H29ClN2O3. The zero-order valence-electron chi connectivity index (χ0n) is 16.8. The van der Waals surface area contributed by atoms with Crippen molar-refractivity contribution in [3.8, 4) is 11.5 Å². The van der Waals surface area contributed by atoms with Crippen molar-refractivity contribution in [3.05, 3.63) is 54.4 Å². The molecule has 5 nitrogen and oxygen atoms in total. The highest BCUT2D eigenvalue weighted by Crippen LogP contribution is 2.34. The summed E-state index contributed by atoms with van der Waals surface area (Å²) in [6.45, 7) is 0.728. The number of imidazole rings is 1. The molecular weight excluding hydrogens is 388 g/mol. The van der Waals surface area contributed by atoms with Gasteiger partial charge in [0.15, 0.2) is 0 Å². The molecule has 3 aromatic rings. The van der Waals surface area contributed by atoms with Crippen molar-refractivity contribution in [2.45, 2.75) is 50.7 Å². The number of ether oxygens (including phenoxy) is 2. The summed E-state index contributed by atoms with van der Waals surface area (Å²) in [4.78, 5) is 4.92. The van der Waals surface area contributed by atoms with Crippen LogP contribution in [0.1, 0.15) is 43.8 Å². The summed E-state index contributed by atoms with van der Waals surface area (Å²) in [7, 11) is 1.64. The molecule has 2 aromatic carbocycles. The van der Waals surface area contributed by atoms with Crippen LogP contribution < -0.4 is 9.47 Å². The summed E-state index contributed by atoms with van der Waals surface area (Å²) in [5.41, 5.74) is 2.10. The van der Waals surface area contributed by atoms with E-state index in [1.165, 1.54) is 32.1 Å². The highest BCUT2D eigenvalue weighted by molar-refractivity contribution is 5.85. The van der Waals surface area contributed by atoms with Gasteiger partial charge in [-0.25, -0.2) is 4.98 Å². The van der Waals surface area contributed by atoms with Crippen LogP contribution in [0.2, 0.25) is 0 Å². The van der Waals surface area contributed by atoms with Gasteiger partial charge in [-0.1, -0.05) is 31.4 Å². The van der Waals surface area contributed by atoms with Gasteiger partial charge in [-0.2, -0.15) is 0 Å². The molecule has 0 bridgehead atoms. The molecule has 6 heteroatoms. The number of methoxy groups -OCH3 is 1. The number of benzene rings is 2. The van der Waals surface area contributed by atoms with Crippen molar-refractivity contribution in [1.29, 1.82) is 0 Å². The molecule has 1 aromatic heterocycles. The Morgan fingerprint density at radius 3 is 2.45 bits per heavy atom. The van der Waals surface area contributed by atoms with Crippen LogP contribution in [-0.4, -0.2) is 34.5 Å². The van der Waals surface area contributed by atoms with E-state index >= 15 is 0 Å². The molecule has 1 fully saturated rings. The second-order valence-corrected chi connectivity index (χ2v) is 7.54. The molecule has 0 radical (unpaired) electrons. The lowest BCUT2D eigenvalue weighted by atomic mass is 9.88. The SMILES string of the molecule is COc1ccc(OCC(O)Cn2c(C3CCCCC3)nc3ccccc32)cc1.Cl. The number of para-hydroxylation sites is 2. The van der Waals surface area contributed by atoms with E-state index in [1.54, 1.807) is 7.11 Å². The Hall–Kier alpha value is -2.24. The number of hydrogen-bond donors (Lipinski definition) is 1. The summed E-state index contributed by atoms with van der Waals surface area (Å²) < 4.78 is 13.1. The third kappa shape index (κ3) is 5.03. The quantitative estimate of drug-likeness (QED) is 0.591. The predicted octanol–water partition coefficient (Wildman–Crippen LogP) is 4.95. The minimum Gasteiger partial charge on any atom is -0.497 e. The topological polar surface area (TPSA) is 56.5 Å².